The molecule has 0 amide bonds. The van der Waals surface area contributed by atoms with Crippen LogP contribution in [0, 0.1) is 0 Å². The van der Waals surface area contributed by atoms with Gasteiger partial charge in [0.05, 0.1) is 29.5 Å². The van der Waals surface area contributed by atoms with Crippen LogP contribution in [0.2, 0.25) is 0 Å². The lowest BCUT2D eigenvalue weighted by molar-refractivity contribution is 0.0679. The minimum atomic E-state index is -1.13. The Hall–Kier alpha value is -4.37. The van der Waals surface area contributed by atoms with Gasteiger partial charge < -0.3 is 10.2 Å². The number of aromatic nitrogens is 4. The summed E-state index contributed by atoms with van der Waals surface area (Å²) in [5.41, 5.74) is 4.90. The number of aromatic carboxylic acids is 2. The highest BCUT2D eigenvalue weighted by molar-refractivity contribution is 7.00. The zero-order chi connectivity index (χ0) is 23.7. The van der Waals surface area contributed by atoms with E-state index in [2.05, 4.69) is 13.8 Å². The van der Waals surface area contributed by atoms with Crippen LogP contribution >= 0.6 is 11.7 Å². The summed E-state index contributed by atoms with van der Waals surface area (Å²) in [6, 6.07) is 21.6. The second kappa shape index (κ2) is 8.87. The van der Waals surface area contributed by atoms with E-state index >= 15 is 0 Å². The number of carboxylic acids is 2. The van der Waals surface area contributed by atoms with Crippen molar-refractivity contribution in [1.29, 1.82) is 0 Å². The monoisotopic (exact) mass is 470 g/mol. The number of carboxylic acid groups (broad SMARTS) is 2. The molecule has 0 atom stereocenters. The maximum atomic E-state index is 12.5. The fourth-order valence-electron chi connectivity index (χ4n) is 4.02. The summed E-state index contributed by atoms with van der Waals surface area (Å²) in [5, 5.41) is 24.4. The molecule has 5 aromatic rings. The zero-order valence-electron chi connectivity index (χ0n) is 17.8. The first-order valence-corrected chi connectivity index (χ1v) is 11.1. The molecule has 0 saturated carbocycles. The largest absolute Gasteiger partial charge is 0.478 e. The molecule has 9 heteroatoms. The molecule has 2 N–H and O–H groups in total. The summed E-state index contributed by atoms with van der Waals surface area (Å²) in [7, 11) is 0. The highest BCUT2D eigenvalue weighted by atomic mass is 32.1. The molecule has 168 valence electrons. The highest BCUT2D eigenvalue weighted by Gasteiger charge is 2.25. The molecule has 34 heavy (non-hydrogen) atoms. The van der Waals surface area contributed by atoms with E-state index in [0.29, 0.717) is 23.2 Å². The minimum Gasteiger partial charge on any atom is -0.478 e. The number of hydrogen-bond donors (Lipinski definition) is 2. The minimum absolute atomic E-state index is 0.0129. The van der Waals surface area contributed by atoms with Gasteiger partial charge >= 0.3 is 11.9 Å². The maximum absolute atomic E-state index is 12.5. The number of rotatable bonds is 7. The molecule has 0 aliphatic heterocycles. The van der Waals surface area contributed by atoms with Gasteiger partial charge in [0.2, 0.25) is 0 Å². The van der Waals surface area contributed by atoms with Gasteiger partial charge in [0.15, 0.2) is 5.69 Å². The van der Waals surface area contributed by atoms with Crippen molar-refractivity contribution in [3.8, 4) is 11.3 Å². The van der Waals surface area contributed by atoms with Crippen molar-refractivity contribution in [1.82, 2.24) is 18.5 Å². The van der Waals surface area contributed by atoms with Gasteiger partial charge in [-0.15, -0.1) is 0 Å². The van der Waals surface area contributed by atoms with Crippen LogP contribution in [0.15, 0.2) is 72.8 Å². The first kappa shape index (κ1) is 21.5. The Morgan fingerprint density at radius 1 is 0.853 bits per heavy atom. The standard InChI is InChI=1S/C25H18N4O4S/c30-24(31)18-9-5-4-8-17(18)14-29-23(25(32)33)19(22(26-29)16-6-2-1-3-7-16)12-15-10-11-20-21(13-15)28-34-27-20/h1-11,13H,12,14H2,(H,30,31)(H,32,33). The Bertz CT molecular complexity index is 1520. The molecule has 0 radical (unpaired) electrons. The average molecular weight is 471 g/mol. The van der Waals surface area contributed by atoms with Crippen LogP contribution in [0.25, 0.3) is 22.3 Å². The summed E-state index contributed by atoms with van der Waals surface area (Å²) in [4.78, 5) is 24.2. The fourth-order valence-corrected chi connectivity index (χ4v) is 4.54. The molecule has 0 bridgehead atoms. The van der Waals surface area contributed by atoms with Gasteiger partial charge in [0.1, 0.15) is 11.0 Å². The molecule has 3 aromatic carbocycles. The summed E-state index contributed by atoms with van der Waals surface area (Å²) in [6.45, 7) is 0.0129. The zero-order valence-corrected chi connectivity index (χ0v) is 18.6. The fraction of sp³-hybridized carbons (Fsp3) is 0.0800. The average Bonchev–Trinajstić information content (AvgIpc) is 3.44. The third-order valence-corrected chi connectivity index (χ3v) is 6.12. The molecule has 2 heterocycles. The van der Waals surface area contributed by atoms with Crippen molar-refractivity contribution in [3.63, 3.8) is 0 Å². The van der Waals surface area contributed by atoms with Crippen LogP contribution in [0.4, 0.5) is 0 Å². The predicted molar refractivity (Wildman–Crippen MR) is 127 cm³/mol. The Balaban J connectivity index is 1.66. The Morgan fingerprint density at radius 3 is 2.35 bits per heavy atom. The summed E-state index contributed by atoms with van der Waals surface area (Å²) in [5.74, 6) is -2.21. The third kappa shape index (κ3) is 4.04. The quantitative estimate of drug-likeness (QED) is 0.357. The number of benzene rings is 3. The molecule has 0 saturated heterocycles. The topological polar surface area (TPSA) is 118 Å². The van der Waals surface area contributed by atoms with Crippen molar-refractivity contribution >= 4 is 34.7 Å². The lowest BCUT2D eigenvalue weighted by Gasteiger charge is -2.09. The Morgan fingerprint density at radius 2 is 1.59 bits per heavy atom. The molecule has 5 rings (SSSR count). The van der Waals surface area contributed by atoms with Crippen molar-refractivity contribution < 1.29 is 19.8 Å². The van der Waals surface area contributed by atoms with Crippen LogP contribution in [-0.2, 0) is 13.0 Å². The molecule has 0 spiro atoms. The van der Waals surface area contributed by atoms with Gasteiger partial charge in [-0.1, -0.05) is 54.6 Å². The molecular formula is C25H18N4O4S. The third-order valence-electron chi connectivity index (χ3n) is 5.57. The van der Waals surface area contributed by atoms with Gasteiger partial charge in [0, 0.05) is 17.5 Å². The van der Waals surface area contributed by atoms with Crippen LogP contribution < -0.4 is 0 Å². The van der Waals surface area contributed by atoms with E-state index in [1.54, 1.807) is 18.2 Å². The van der Waals surface area contributed by atoms with Gasteiger partial charge in [-0.25, -0.2) is 9.59 Å². The predicted octanol–water partition coefficient (Wildman–Crippen LogP) is 4.59. The maximum Gasteiger partial charge on any atom is 0.354 e. The van der Waals surface area contributed by atoms with Crippen molar-refractivity contribution in [2.75, 3.05) is 0 Å². The van der Waals surface area contributed by atoms with Crippen molar-refractivity contribution in [3.05, 3.63) is 101 Å². The van der Waals surface area contributed by atoms with Gasteiger partial charge in [0.25, 0.3) is 0 Å². The van der Waals surface area contributed by atoms with Crippen LogP contribution in [0.5, 0.6) is 0 Å². The van der Waals surface area contributed by atoms with Crippen LogP contribution in [-0.4, -0.2) is 40.7 Å². The second-order valence-electron chi connectivity index (χ2n) is 7.73. The van der Waals surface area contributed by atoms with Crippen molar-refractivity contribution in [2.24, 2.45) is 0 Å². The molecular weight excluding hydrogens is 452 g/mol. The molecule has 0 unspecified atom stereocenters. The lowest BCUT2D eigenvalue weighted by atomic mass is 9.98. The lowest BCUT2D eigenvalue weighted by Crippen LogP contribution is -2.15. The smallest absolute Gasteiger partial charge is 0.354 e. The van der Waals surface area contributed by atoms with E-state index in [0.717, 1.165) is 33.9 Å². The summed E-state index contributed by atoms with van der Waals surface area (Å²) >= 11 is 1.13. The molecule has 2 aromatic heterocycles. The second-order valence-corrected chi connectivity index (χ2v) is 8.26. The Labute approximate surface area is 198 Å². The highest BCUT2D eigenvalue weighted by Crippen LogP contribution is 2.29. The molecule has 0 fully saturated rings. The Kier molecular flexibility index (Phi) is 5.60. The first-order valence-electron chi connectivity index (χ1n) is 10.4. The van der Waals surface area contributed by atoms with E-state index < -0.39 is 11.9 Å². The number of hydrogen-bond acceptors (Lipinski definition) is 6. The summed E-state index contributed by atoms with van der Waals surface area (Å²) in [6.07, 6.45) is 0.319. The van der Waals surface area contributed by atoms with Crippen LogP contribution in [0.1, 0.15) is 37.5 Å². The normalized spacial score (nSPS) is 11.1. The van der Waals surface area contributed by atoms with Gasteiger partial charge in [-0.2, -0.15) is 13.8 Å². The summed E-state index contributed by atoms with van der Waals surface area (Å²) < 4.78 is 9.89. The van der Waals surface area contributed by atoms with Gasteiger partial charge in [-0.3, -0.25) is 4.68 Å². The molecule has 0 aliphatic carbocycles. The van der Waals surface area contributed by atoms with E-state index in [4.69, 9.17) is 0 Å². The van der Waals surface area contributed by atoms with E-state index in [1.807, 2.05) is 48.5 Å². The number of nitrogens with zero attached hydrogens (tertiary/aromatic N) is 4. The van der Waals surface area contributed by atoms with Crippen LogP contribution in [0.3, 0.4) is 0 Å². The van der Waals surface area contributed by atoms with E-state index in [1.165, 1.54) is 10.7 Å². The van der Waals surface area contributed by atoms with E-state index in [9.17, 15) is 19.8 Å². The SMILES string of the molecule is O=C(O)c1ccccc1Cn1nc(-c2ccccc2)c(Cc2ccc3nsnc3c2)c1C(=O)O. The molecule has 0 aliphatic rings. The van der Waals surface area contributed by atoms with Gasteiger partial charge in [-0.05, 0) is 29.3 Å². The number of fused-ring (bicyclic) bond motifs is 1. The molecule has 8 nitrogen and oxygen atoms in total. The first-order chi connectivity index (χ1) is 16.5. The van der Waals surface area contributed by atoms with Crippen molar-refractivity contribution in [2.45, 2.75) is 13.0 Å². The van der Waals surface area contributed by atoms with E-state index in [-0.39, 0.29) is 17.8 Å². The number of carbonyl (C=O) groups is 2.